The lowest BCUT2D eigenvalue weighted by Crippen LogP contribution is -2.35. The van der Waals surface area contributed by atoms with Crippen molar-refractivity contribution in [1.82, 2.24) is 5.32 Å². The number of hydrogen-bond donors (Lipinski definition) is 1. The number of nitrogens with one attached hydrogen (secondary N) is 1. The van der Waals surface area contributed by atoms with Gasteiger partial charge in [-0.15, -0.1) is 11.3 Å². The smallest absolute Gasteiger partial charge is 0.225 e. The molecule has 0 spiro atoms. The molecule has 0 saturated carbocycles. The van der Waals surface area contributed by atoms with Crippen LogP contribution in [0, 0.1) is 0 Å². The second-order valence-electron chi connectivity index (χ2n) is 4.57. The Balaban J connectivity index is 1.83. The van der Waals surface area contributed by atoms with Crippen molar-refractivity contribution in [2.45, 2.75) is 45.1 Å². The van der Waals surface area contributed by atoms with Crippen molar-refractivity contribution in [1.29, 1.82) is 0 Å². The lowest BCUT2D eigenvalue weighted by Gasteiger charge is -2.20. The third-order valence-corrected chi connectivity index (χ3v) is 4.05. The first kappa shape index (κ1) is 12.4. The van der Waals surface area contributed by atoms with Crippen molar-refractivity contribution < 1.29 is 4.79 Å². The Bertz CT molecular complexity index is 394. The maximum absolute atomic E-state index is 11.8. The Labute approximate surface area is 107 Å². The highest BCUT2D eigenvalue weighted by molar-refractivity contribution is 7.10. The molecule has 0 aromatic carbocycles. The SMILES string of the molecule is CC(NC(=O)Cc1cccs1)C1=CCCCC1. The largest absolute Gasteiger partial charge is 0.350 e. The third-order valence-electron chi connectivity index (χ3n) is 3.17. The van der Waals surface area contributed by atoms with E-state index in [9.17, 15) is 4.79 Å². The summed E-state index contributed by atoms with van der Waals surface area (Å²) in [5.41, 5.74) is 1.40. The summed E-state index contributed by atoms with van der Waals surface area (Å²) in [5, 5.41) is 5.10. The summed E-state index contributed by atoms with van der Waals surface area (Å²) in [5.74, 6) is 0.131. The van der Waals surface area contributed by atoms with Gasteiger partial charge in [0.25, 0.3) is 0 Å². The van der Waals surface area contributed by atoms with Crippen molar-refractivity contribution in [3.63, 3.8) is 0 Å². The first-order valence-electron chi connectivity index (χ1n) is 6.26. The predicted octanol–water partition coefficient (Wildman–Crippen LogP) is 3.30. The van der Waals surface area contributed by atoms with E-state index in [1.807, 2.05) is 17.5 Å². The van der Waals surface area contributed by atoms with Crippen molar-refractivity contribution in [3.8, 4) is 0 Å². The highest BCUT2D eigenvalue weighted by atomic mass is 32.1. The van der Waals surface area contributed by atoms with Gasteiger partial charge in [-0.05, 0) is 44.1 Å². The number of hydrogen-bond acceptors (Lipinski definition) is 2. The van der Waals surface area contributed by atoms with Crippen molar-refractivity contribution in [3.05, 3.63) is 34.0 Å². The zero-order chi connectivity index (χ0) is 12.1. The summed E-state index contributed by atoms with van der Waals surface area (Å²) in [6.07, 6.45) is 7.66. The van der Waals surface area contributed by atoms with E-state index >= 15 is 0 Å². The van der Waals surface area contributed by atoms with Crippen molar-refractivity contribution in [2.75, 3.05) is 0 Å². The molecule has 3 heteroatoms. The quantitative estimate of drug-likeness (QED) is 0.815. The molecular formula is C14H19NOS. The van der Waals surface area contributed by atoms with Crippen molar-refractivity contribution in [2.24, 2.45) is 0 Å². The molecule has 17 heavy (non-hydrogen) atoms. The van der Waals surface area contributed by atoms with Crippen LogP contribution in [0.5, 0.6) is 0 Å². The fourth-order valence-electron chi connectivity index (χ4n) is 2.21. The molecular weight excluding hydrogens is 230 g/mol. The topological polar surface area (TPSA) is 29.1 Å². The molecule has 1 aromatic rings. The maximum atomic E-state index is 11.8. The van der Waals surface area contributed by atoms with E-state index < -0.39 is 0 Å². The zero-order valence-corrected chi connectivity index (χ0v) is 11.1. The summed E-state index contributed by atoms with van der Waals surface area (Å²) in [6.45, 7) is 2.09. The number of carbonyl (C=O) groups is 1. The monoisotopic (exact) mass is 249 g/mol. The standard InChI is InChI=1S/C14H19NOS/c1-11(12-6-3-2-4-7-12)15-14(16)10-13-8-5-9-17-13/h5-6,8-9,11H,2-4,7,10H2,1H3,(H,15,16). The molecule has 0 saturated heterocycles. The van der Waals surface area contributed by atoms with E-state index in [2.05, 4.69) is 18.3 Å². The van der Waals surface area contributed by atoms with Gasteiger partial charge in [0, 0.05) is 10.9 Å². The highest BCUT2D eigenvalue weighted by Crippen LogP contribution is 2.20. The predicted molar refractivity (Wildman–Crippen MR) is 72.2 cm³/mol. The van der Waals surface area contributed by atoms with E-state index in [0.29, 0.717) is 6.42 Å². The normalized spacial score (nSPS) is 17.4. The second kappa shape index (κ2) is 6.01. The van der Waals surface area contributed by atoms with Gasteiger partial charge >= 0.3 is 0 Å². The Morgan fingerprint density at radius 1 is 1.53 bits per heavy atom. The minimum absolute atomic E-state index is 0.131. The summed E-state index contributed by atoms with van der Waals surface area (Å²) in [7, 11) is 0. The van der Waals surface area contributed by atoms with Gasteiger partial charge in [0.2, 0.25) is 5.91 Å². The minimum atomic E-state index is 0.131. The molecule has 0 bridgehead atoms. The molecule has 0 radical (unpaired) electrons. The van der Waals surface area contributed by atoms with Gasteiger partial charge in [-0.1, -0.05) is 17.7 Å². The molecule has 1 N–H and O–H groups in total. The Morgan fingerprint density at radius 3 is 3.06 bits per heavy atom. The molecule has 1 amide bonds. The molecule has 1 aromatic heterocycles. The van der Waals surface area contributed by atoms with E-state index in [1.165, 1.54) is 24.8 Å². The number of rotatable bonds is 4. The third kappa shape index (κ3) is 3.70. The lowest BCUT2D eigenvalue weighted by atomic mass is 9.95. The van der Waals surface area contributed by atoms with Gasteiger partial charge in [0.1, 0.15) is 0 Å². The summed E-state index contributed by atoms with van der Waals surface area (Å²) >= 11 is 1.64. The Kier molecular flexibility index (Phi) is 4.37. The van der Waals surface area contributed by atoms with Crippen LogP contribution >= 0.6 is 11.3 Å². The van der Waals surface area contributed by atoms with Crippen LogP contribution in [0.4, 0.5) is 0 Å². The zero-order valence-electron chi connectivity index (χ0n) is 10.2. The van der Waals surface area contributed by atoms with E-state index in [-0.39, 0.29) is 11.9 Å². The van der Waals surface area contributed by atoms with Crippen LogP contribution < -0.4 is 5.32 Å². The molecule has 0 aliphatic heterocycles. The van der Waals surface area contributed by atoms with Crippen LogP contribution in [0.15, 0.2) is 29.2 Å². The molecule has 2 nitrogen and oxygen atoms in total. The molecule has 0 fully saturated rings. The highest BCUT2D eigenvalue weighted by Gasteiger charge is 2.14. The Morgan fingerprint density at radius 2 is 2.41 bits per heavy atom. The Hall–Kier alpha value is -1.09. The molecule has 1 aliphatic carbocycles. The van der Waals surface area contributed by atoms with Crippen LogP contribution in [-0.2, 0) is 11.2 Å². The fourth-order valence-corrected chi connectivity index (χ4v) is 2.92. The first-order chi connectivity index (χ1) is 8.25. The lowest BCUT2D eigenvalue weighted by molar-refractivity contribution is -0.120. The van der Waals surface area contributed by atoms with Gasteiger partial charge in [-0.3, -0.25) is 4.79 Å². The van der Waals surface area contributed by atoms with E-state index in [4.69, 9.17) is 0 Å². The molecule has 92 valence electrons. The average Bonchev–Trinajstić information content (AvgIpc) is 2.82. The fraction of sp³-hybridized carbons (Fsp3) is 0.500. The van der Waals surface area contributed by atoms with E-state index in [0.717, 1.165) is 11.3 Å². The summed E-state index contributed by atoms with van der Waals surface area (Å²) in [4.78, 5) is 13.0. The molecule has 1 atom stereocenters. The minimum Gasteiger partial charge on any atom is -0.350 e. The van der Waals surface area contributed by atoms with Crippen LogP contribution in [0.3, 0.4) is 0 Å². The van der Waals surface area contributed by atoms with Crippen LogP contribution in [0.2, 0.25) is 0 Å². The molecule has 1 aliphatic rings. The van der Waals surface area contributed by atoms with Gasteiger partial charge in [-0.25, -0.2) is 0 Å². The molecule has 1 heterocycles. The van der Waals surface area contributed by atoms with Crippen LogP contribution in [0.1, 0.15) is 37.5 Å². The number of amides is 1. The van der Waals surface area contributed by atoms with Crippen LogP contribution in [-0.4, -0.2) is 11.9 Å². The second-order valence-corrected chi connectivity index (χ2v) is 5.60. The maximum Gasteiger partial charge on any atom is 0.225 e. The van der Waals surface area contributed by atoms with Gasteiger partial charge in [0.15, 0.2) is 0 Å². The number of thiophene rings is 1. The number of allylic oxidation sites excluding steroid dienone is 1. The number of carbonyl (C=O) groups excluding carboxylic acids is 1. The first-order valence-corrected chi connectivity index (χ1v) is 7.14. The summed E-state index contributed by atoms with van der Waals surface area (Å²) in [6, 6.07) is 4.19. The molecule has 2 rings (SSSR count). The van der Waals surface area contributed by atoms with Crippen molar-refractivity contribution >= 4 is 17.2 Å². The van der Waals surface area contributed by atoms with Crippen LogP contribution in [0.25, 0.3) is 0 Å². The summed E-state index contributed by atoms with van der Waals surface area (Å²) < 4.78 is 0. The van der Waals surface area contributed by atoms with E-state index in [1.54, 1.807) is 11.3 Å². The van der Waals surface area contributed by atoms with Gasteiger partial charge in [0.05, 0.1) is 6.42 Å². The average molecular weight is 249 g/mol. The molecule has 1 unspecified atom stereocenters. The van der Waals surface area contributed by atoms with Gasteiger partial charge < -0.3 is 5.32 Å². The van der Waals surface area contributed by atoms with Gasteiger partial charge in [-0.2, -0.15) is 0 Å².